The van der Waals surface area contributed by atoms with Crippen LogP contribution < -0.4 is 10.1 Å². The van der Waals surface area contributed by atoms with Gasteiger partial charge in [0.15, 0.2) is 0 Å². The number of nitrogens with one attached hydrogen (secondary N) is 1. The van der Waals surface area contributed by atoms with Crippen molar-refractivity contribution in [3.8, 4) is 17.1 Å². The van der Waals surface area contributed by atoms with Crippen LogP contribution >= 0.6 is 11.6 Å². The second-order valence-electron chi connectivity index (χ2n) is 6.74. The molecule has 0 saturated carbocycles. The van der Waals surface area contributed by atoms with Crippen molar-refractivity contribution in [1.82, 2.24) is 25.0 Å². The number of para-hydroxylation sites is 1. The molecule has 1 saturated heterocycles. The molecule has 3 aromatic rings. The van der Waals surface area contributed by atoms with Crippen molar-refractivity contribution >= 4 is 28.9 Å². The monoisotopic (exact) mass is 493 g/mol. The molecule has 10 nitrogen and oxygen atoms in total. The van der Waals surface area contributed by atoms with E-state index in [2.05, 4.69) is 25.6 Å². The van der Waals surface area contributed by atoms with Gasteiger partial charge in [0.1, 0.15) is 0 Å². The summed E-state index contributed by atoms with van der Waals surface area (Å²) in [5.41, 5.74) is 1.64. The molecule has 2 aromatic heterocycles. The Hall–Kier alpha value is -2.62. The number of rotatable bonds is 6. The zero-order chi connectivity index (χ0) is 21.8. The van der Waals surface area contributed by atoms with E-state index in [0.29, 0.717) is 47.2 Å². The molecule has 0 radical (unpaired) electrons. The number of carbonyl (C=O) groups is 1. The van der Waals surface area contributed by atoms with Gasteiger partial charge in [0.25, 0.3) is 0 Å². The Morgan fingerprint density at radius 3 is 2.94 bits per heavy atom. The van der Waals surface area contributed by atoms with Gasteiger partial charge in [-0.25, -0.2) is 0 Å². The summed E-state index contributed by atoms with van der Waals surface area (Å²) >= 11 is 6.32. The van der Waals surface area contributed by atoms with Crippen molar-refractivity contribution in [2.45, 2.75) is 25.5 Å². The van der Waals surface area contributed by atoms with E-state index in [1.807, 2.05) is 12.1 Å². The van der Waals surface area contributed by atoms with Crippen molar-refractivity contribution in [2.75, 3.05) is 19.0 Å². The predicted octanol–water partition coefficient (Wildman–Crippen LogP) is 3.46. The zero-order valence-electron chi connectivity index (χ0n) is 16.7. The fraction of sp³-hybridized carbons (Fsp3) is 0.316. The minimum atomic E-state index is -0.588. The Balaban J connectivity index is 1.68. The Morgan fingerprint density at radius 2 is 2.19 bits per heavy atom. The number of benzene rings is 1. The first kappa shape index (κ1) is 21.6. The van der Waals surface area contributed by atoms with E-state index >= 15 is 0 Å². The summed E-state index contributed by atoms with van der Waals surface area (Å²) in [5.74, 6) is 0.413. The van der Waals surface area contributed by atoms with Crippen molar-refractivity contribution in [2.24, 2.45) is 0 Å². The molecule has 0 bridgehead atoms. The summed E-state index contributed by atoms with van der Waals surface area (Å²) in [5, 5.41) is 15.5. The first-order valence-electron chi connectivity index (χ1n) is 9.57. The number of halogens is 1. The molecule has 0 amide bonds. The van der Waals surface area contributed by atoms with Crippen LogP contribution in [-0.2, 0) is 27.0 Å². The van der Waals surface area contributed by atoms with E-state index in [0.717, 1.165) is 25.9 Å². The van der Waals surface area contributed by atoms with E-state index in [9.17, 15) is 4.79 Å². The molecule has 3 heterocycles. The van der Waals surface area contributed by atoms with Crippen LogP contribution in [0.5, 0.6) is 5.75 Å². The molecular formula is C19H18ClN6O4Zn. The van der Waals surface area contributed by atoms with Gasteiger partial charge < -0.3 is 4.74 Å². The predicted molar refractivity (Wildman–Crippen MR) is 107 cm³/mol. The minimum absolute atomic E-state index is 0.0277. The Kier molecular flexibility index (Phi) is 6.75. The van der Waals surface area contributed by atoms with Gasteiger partial charge in [-0.2, -0.15) is 0 Å². The third-order valence-electron chi connectivity index (χ3n) is 4.78. The van der Waals surface area contributed by atoms with Gasteiger partial charge in [-0.05, 0) is 19.3 Å². The molecule has 157 valence electrons. The number of nitrogens with zero attached hydrogens (tertiary/aromatic N) is 5. The molecule has 31 heavy (non-hydrogen) atoms. The average Bonchev–Trinajstić information content (AvgIpc) is 3.29. The summed E-state index contributed by atoms with van der Waals surface area (Å²) in [6.07, 6.45) is 4.60. The Labute approximate surface area is 193 Å². The number of hydrogen-bond acceptors (Lipinski definition) is 9. The van der Waals surface area contributed by atoms with Gasteiger partial charge in [-0.1, -0.05) is 0 Å². The maximum absolute atomic E-state index is 12.1. The molecular weight excluding hydrogens is 477 g/mol. The van der Waals surface area contributed by atoms with Crippen LogP contribution in [0.25, 0.3) is 11.4 Å². The SMILES string of the molecule is COc1c(Nc2cc(Cl)nnc2C(=O)[O][Zn])cccc1-c1ncn(C2CCCCO2)n1. The fourth-order valence-corrected chi connectivity index (χ4v) is 3.76. The van der Waals surface area contributed by atoms with Gasteiger partial charge in [0.2, 0.25) is 0 Å². The molecule has 12 heteroatoms. The number of hydrogen-bond donors (Lipinski definition) is 1. The van der Waals surface area contributed by atoms with E-state index in [1.165, 1.54) is 6.07 Å². The van der Waals surface area contributed by atoms with E-state index in [1.54, 1.807) is 24.2 Å². The van der Waals surface area contributed by atoms with Crippen LogP contribution in [0, 0.1) is 0 Å². The molecule has 0 spiro atoms. The van der Waals surface area contributed by atoms with Crippen LogP contribution in [0.3, 0.4) is 0 Å². The van der Waals surface area contributed by atoms with Crippen LogP contribution in [0.4, 0.5) is 11.4 Å². The maximum atomic E-state index is 12.1. The second kappa shape index (κ2) is 9.68. The van der Waals surface area contributed by atoms with Crippen LogP contribution in [0.15, 0.2) is 30.6 Å². The molecule has 1 N–H and O–H groups in total. The molecule has 1 aromatic carbocycles. The third kappa shape index (κ3) is 4.68. The Bertz CT molecular complexity index is 1090. The molecule has 1 aliphatic heterocycles. The first-order valence-corrected chi connectivity index (χ1v) is 11.2. The number of ether oxygens (including phenoxy) is 2. The number of anilines is 2. The van der Waals surface area contributed by atoms with E-state index in [-0.39, 0.29) is 17.1 Å². The number of methoxy groups -OCH3 is 1. The van der Waals surface area contributed by atoms with E-state index in [4.69, 9.17) is 24.6 Å². The van der Waals surface area contributed by atoms with Gasteiger partial charge in [-0.3, -0.25) is 0 Å². The standard InChI is InChI=1S/C19H19ClN6O4.Zn/c1-29-17-11(18-21-10-26(25-18)15-7-2-3-8-30-15)5-4-6-12(17)22-13-9-14(20)23-24-16(13)19(27)28;/h4-6,9-10,15H,2-3,7-8H2,1H3,(H,22,23)(H,27,28);/q;+1/p-1. The summed E-state index contributed by atoms with van der Waals surface area (Å²) in [6, 6.07) is 6.99. The van der Waals surface area contributed by atoms with Crippen LogP contribution in [0.1, 0.15) is 36.0 Å². The molecule has 0 aliphatic carbocycles. The second-order valence-corrected chi connectivity index (χ2v) is 7.73. The zero-order valence-corrected chi connectivity index (χ0v) is 20.5. The van der Waals surface area contributed by atoms with Gasteiger partial charge in [0, 0.05) is 6.61 Å². The Morgan fingerprint density at radius 1 is 1.32 bits per heavy atom. The van der Waals surface area contributed by atoms with Crippen LogP contribution in [-0.4, -0.2) is 44.6 Å². The summed E-state index contributed by atoms with van der Waals surface area (Å²) < 4.78 is 18.1. The molecule has 1 fully saturated rings. The summed E-state index contributed by atoms with van der Waals surface area (Å²) in [4.78, 5) is 16.5. The number of aromatic nitrogens is 5. The van der Waals surface area contributed by atoms with Crippen LogP contribution in [0.2, 0.25) is 5.15 Å². The number of carbonyl (C=O) groups excluding carboxylic acids is 1. The summed E-state index contributed by atoms with van der Waals surface area (Å²) in [6.45, 7) is 0.718. The molecule has 4 rings (SSSR count). The normalized spacial score (nSPS) is 16.1. The van der Waals surface area contributed by atoms with Crippen molar-refractivity contribution in [1.29, 1.82) is 0 Å². The van der Waals surface area contributed by atoms with Gasteiger partial charge >= 0.3 is 163 Å². The summed E-state index contributed by atoms with van der Waals surface area (Å²) in [7, 11) is 1.55. The molecule has 1 unspecified atom stereocenters. The van der Waals surface area contributed by atoms with Crippen molar-refractivity contribution < 1.29 is 36.5 Å². The molecule has 1 atom stereocenters. The van der Waals surface area contributed by atoms with Gasteiger partial charge in [-0.15, -0.1) is 0 Å². The fourth-order valence-electron chi connectivity index (χ4n) is 3.33. The topological polar surface area (TPSA) is 113 Å². The van der Waals surface area contributed by atoms with Gasteiger partial charge in [0.05, 0.1) is 0 Å². The average molecular weight is 495 g/mol. The first-order chi connectivity index (χ1) is 15.1. The van der Waals surface area contributed by atoms with Crippen molar-refractivity contribution in [3.05, 3.63) is 41.4 Å². The molecule has 1 aliphatic rings. The van der Waals surface area contributed by atoms with Crippen molar-refractivity contribution in [3.63, 3.8) is 0 Å². The van der Waals surface area contributed by atoms with E-state index < -0.39 is 5.97 Å². The quantitative estimate of drug-likeness (QED) is 0.514. The third-order valence-corrected chi connectivity index (χ3v) is 5.51.